The van der Waals surface area contributed by atoms with Crippen molar-refractivity contribution in [3.63, 3.8) is 0 Å². The average molecular weight is 146 g/mol. The zero-order valence-corrected chi connectivity index (χ0v) is 6.21. The highest BCUT2D eigenvalue weighted by molar-refractivity contribution is 5.69. The summed E-state index contributed by atoms with van der Waals surface area (Å²) < 4.78 is 0. The van der Waals surface area contributed by atoms with Gasteiger partial charge in [0.1, 0.15) is 0 Å². The standard InChI is InChI=1S/C7H14O3/c1-2-3-4-6(5-8)7(9)10/h6,8H,2-5H2,1H3,(H,9,10)/t6-/m0/s1. The van der Waals surface area contributed by atoms with E-state index in [1.165, 1.54) is 0 Å². The number of rotatable bonds is 5. The lowest BCUT2D eigenvalue weighted by molar-refractivity contribution is -0.143. The van der Waals surface area contributed by atoms with Gasteiger partial charge in [-0.05, 0) is 6.42 Å². The van der Waals surface area contributed by atoms with Crippen molar-refractivity contribution in [3.8, 4) is 0 Å². The van der Waals surface area contributed by atoms with E-state index in [4.69, 9.17) is 10.2 Å². The summed E-state index contributed by atoms with van der Waals surface area (Å²) in [5, 5.41) is 17.0. The molecule has 0 rings (SSSR count). The molecule has 0 heterocycles. The van der Waals surface area contributed by atoms with E-state index in [-0.39, 0.29) is 6.61 Å². The van der Waals surface area contributed by atoms with E-state index >= 15 is 0 Å². The molecule has 0 spiro atoms. The van der Waals surface area contributed by atoms with Crippen LogP contribution in [-0.4, -0.2) is 22.8 Å². The van der Waals surface area contributed by atoms with Gasteiger partial charge < -0.3 is 10.2 Å². The fourth-order valence-electron chi connectivity index (χ4n) is 0.743. The monoisotopic (exact) mass is 146 g/mol. The first-order valence-electron chi connectivity index (χ1n) is 3.56. The lowest BCUT2D eigenvalue weighted by Gasteiger charge is -2.06. The van der Waals surface area contributed by atoms with Crippen LogP contribution >= 0.6 is 0 Å². The summed E-state index contributed by atoms with van der Waals surface area (Å²) in [4.78, 5) is 10.3. The molecule has 2 N–H and O–H groups in total. The minimum atomic E-state index is -0.893. The third-order valence-corrected chi connectivity index (χ3v) is 1.48. The molecule has 0 aromatic carbocycles. The van der Waals surface area contributed by atoms with Crippen molar-refractivity contribution in [1.82, 2.24) is 0 Å². The molecule has 0 amide bonds. The Bertz CT molecular complexity index is 101. The number of aliphatic hydroxyl groups is 1. The summed E-state index contributed by atoms with van der Waals surface area (Å²) in [6.45, 7) is 1.76. The van der Waals surface area contributed by atoms with Gasteiger partial charge in [-0.1, -0.05) is 19.8 Å². The van der Waals surface area contributed by atoms with Gasteiger partial charge in [-0.25, -0.2) is 0 Å². The fourth-order valence-corrected chi connectivity index (χ4v) is 0.743. The Balaban J connectivity index is 3.50. The van der Waals surface area contributed by atoms with Crippen LogP contribution in [0.25, 0.3) is 0 Å². The lowest BCUT2D eigenvalue weighted by atomic mass is 10.0. The molecule has 1 atom stereocenters. The van der Waals surface area contributed by atoms with E-state index in [0.29, 0.717) is 6.42 Å². The Labute approximate surface area is 60.7 Å². The summed E-state index contributed by atoms with van der Waals surface area (Å²) in [5.74, 6) is -1.45. The number of carboxylic acids is 1. The van der Waals surface area contributed by atoms with Crippen molar-refractivity contribution in [3.05, 3.63) is 0 Å². The van der Waals surface area contributed by atoms with Crippen molar-refractivity contribution < 1.29 is 15.0 Å². The summed E-state index contributed by atoms with van der Waals surface area (Å²) in [7, 11) is 0. The van der Waals surface area contributed by atoms with Crippen LogP contribution in [-0.2, 0) is 4.79 Å². The number of carboxylic acid groups (broad SMARTS) is 1. The maximum atomic E-state index is 10.3. The van der Waals surface area contributed by atoms with Gasteiger partial charge in [-0.3, -0.25) is 4.79 Å². The molecule has 3 nitrogen and oxygen atoms in total. The van der Waals surface area contributed by atoms with Crippen LogP contribution in [0.2, 0.25) is 0 Å². The molecule has 0 saturated heterocycles. The van der Waals surface area contributed by atoms with Gasteiger partial charge in [0.15, 0.2) is 0 Å². The number of hydrogen-bond donors (Lipinski definition) is 2. The molecule has 0 aromatic heterocycles. The molecule has 0 radical (unpaired) electrons. The van der Waals surface area contributed by atoms with Crippen LogP contribution in [0.15, 0.2) is 0 Å². The molecule has 0 unspecified atom stereocenters. The Hall–Kier alpha value is -0.570. The molecule has 0 aliphatic heterocycles. The third kappa shape index (κ3) is 3.45. The quantitative estimate of drug-likeness (QED) is 0.605. The van der Waals surface area contributed by atoms with E-state index in [0.717, 1.165) is 12.8 Å². The third-order valence-electron chi connectivity index (χ3n) is 1.48. The first-order valence-corrected chi connectivity index (χ1v) is 3.56. The smallest absolute Gasteiger partial charge is 0.308 e. The Kier molecular flexibility index (Phi) is 4.94. The summed E-state index contributed by atoms with van der Waals surface area (Å²) >= 11 is 0. The second-order valence-corrected chi connectivity index (χ2v) is 2.36. The Morgan fingerprint density at radius 1 is 1.60 bits per heavy atom. The van der Waals surface area contributed by atoms with Crippen LogP contribution in [0.4, 0.5) is 0 Å². The van der Waals surface area contributed by atoms with Crippen LogP contribution < -0.4 is 0 Å². The summed E-state index contributed by atoms with van der Waals surface area (Å²) in [6.07, 6.45) is 2.43. The molecule has 0 aliphatic carbocycles. The van der Waals surface area contributed by atoms with Gasteiger partial charge >= 0.3 is 5.97 Å². The van der Waals surface area contributed by atoms with Crippen molar-refractivity contribution in [2.24, 2.45) is 5.92 Å². The first kappa shape index (κ1) is 9.43. The van der Waals surface area contributed by atoms with Crippen molar-refractivity contribution in [2.45, 2.75) is 26.2 Å². The normalized spacial score (nSPS) is 13.0. The largest absolute Gasteiger partial charge is 0.481 e. The van der Waals surface area contributed by atoms with E-state index in [2.05, 4.69) is 0 Å². The van der Waals surface area contributed by atoms with Gasteiger partial charge in [-0.2, -0.15) is 0 Å². The van der Waals surface area contributed by atoms with Crippen molar-refractivity contribution in [2.75, 3.05) is 6.61 Å². The Morgan fingerprint density at radius 3 is 2.50 bits per heavy atom. The van der Waals surface area contributed by atoms with Gasteiger partial charge in [0.05, 0.1) is 12.5 Å². The maximum absolute atomic E-state index is 10.3. The second-order valence-electron chi connectivity index (χ2n) is 2.36. The fraction of sp³-hybridized carbons (Fsp3) is 0.857. The molecule has 0 fully saturated rings. The van der Waals surface area contributed by atoms with Gasteiger partial charge in [0.2, 0.25) is 0 Å². The van der Waals surface area contributed by atoms with Crippen LogP contribution in [0.1, 0.15) is 26.2 Å². The van der Waals surface area contributed by atoms with Crippen molar-refractivity contribution in [1.29, 1.82) is 0 Å². The van der Waals surface area contributed by atoms with Gasteiger partial charge in [0, 0.05) is 0 Å². The number of unbranched alkanes of at least 4 members (excludes halogenated alkanes) is 1. The second kappa shape index (κ2) is 5.23. The highest BCUT2D eigenvalue weighted by atomic mass is 16.4. The average Bonchev–Trinajstić information content (AvgIpc) is 1.89. The lowest BCUT2D eigenvalue weighted by Crippen LogP contribution is -2.17. The number of hydrogen-bond acceptors (Lipinski definition) is 2. The molecule has 0 aliphatic rings. The molecule has 3 heteroatoms. The number of carbonyl (C=O) groups is 1. The van der Waals surface area contributed by atoms with Crippen LogP contribution in [0, 0.1) is 5.92 Å². The summed E-state index contributed by atoms with van der Waals surface area (Å²) in [6, 6.07) is 0. The molecule has 60 valence electrons. The van der Waals surface area contributed by atoms with Gasteiger partial charge in [0.25, 0.3) is 0 Å². The number of aliphatic hydroxyl groups excluding tert-OH is 1. The van der Waals surface area contributed by atoms with Crippen molar-refractivity contribution >= 4 is 5.97 Å². The molecule has 10 heavy (non-hydrogen) atoms. The topological polar surface area (TPSA) is 57.5 Å². The molecular formula is C7H14O3. The van der Waals surface area contributed by atoms with Crippen LogP contribution in [0.5, 0.6) is 0 Å². The zero-order chi connectivity index (χ0) is 7.98. The summed E-state index contributed by atoms with van der Waals surface area (Å²) in [5.41, 5.74) is 0. The number of aliphatic carboxylic acids is 1. The molecule has 0 saturated carbocycles. The Morgan fingerprint density at radius 2 is 2.20 bits per heavy atom. The molecule has 0 bridgehead atoms. The minimum Gasteiger partial charge on any atom is -0.481 e. The predicted molar refractivity (Wildman–Crippen MR) is 37.7 cm³/mol. The molecular weight excluding hydrogens is 132 g/mol. The van der Waals surface area contributed by atoms with E-state index in [1.807, 2.05) is 6.92 Å². The highest BCUT2D eigenvalue weighted by Gasteiger charge is 2.14. The van der Waals surface area contributed by atoms with E-state index in [1.54, 1.807) is 0 Å². The maximum Gasteiger partial charge on any atom is 0.308 e. The highest BCUT2D eigenvalue weighted by Crippen LogP contribution is 2.07. The first-order chi connectivity index (χ1) is 4.72. The minimum absolute atomic E-state index is 0.241. The van der Waals surface area contributed by atoms with E-state index in [9.17, 15) is 4.79 Å². The van der Waals surface area contributed by atoms with E-state index < -0.39 is 11.9 Å². The zero-order valence-electron chi connectivity index (χ0n) is 6.21. The molecule has 0 aromatic rings. The SMILES string of the molecule is CCCC[C@@H](CO)C(=O)O. The predicted octanol–water partition coefficient (Wildman–Crippen LogP) is 0.870. The van der Waals surface area contributed by atoms with Gasteiger partial charge in [-0.15, -0.1) is 0 Å². The van der Waals surface area contributed by atoms with Crippen LogP contribution in [0.3, 0.4) is 0 Å².